The van der Waals surface area contributed by atoms with Gasteiger partial charge in [-0.3, -0.25) is 19.4 Å². The zero-order valence-electron chi connectivity index (χ0n) is 19.6. The SMILES string of the molecule is CCCC(C)N1CCN(C(=O)CN2CCN(C(=O)C(C)Oc3cccc(Cl)c3)CC2)CC1. The first kappa shape index (κ1) is 24.8. The molecule has 2 fully saturated rings. The van der Waals surface area contributed by atoms with Gasteiger partial charge in [0.1, 0.15) is 5.75 Å². The summed E-state index contributed by atoms with van der Waals surface area (Å²) in [4.78, 5) is 34.0. The molecule has 1 aromatic rings. The van der Waals surface area contributed by atoms with E-state index in [1.807, 2.05) is 9.80 Å². The predicted octanol–water partition coefficient (Wildman–Crippen LogP) is 2.58. The van der Waals surface area contributed by atoms with Gasteiger partial charge >= 0.3 is 0 Å². The van der Waals surface area contributed by atoms with Gasteiger partial charge in [-0.15, -0.1) is 0 Å². The zero-order chi connectivity index (χ0) is 23.1. The van der Waals surface area contributed by atoms with E-state index < -0.39 is 6.10 Å². The van der Waals surface area contributed by atoms with Crippen molar-refractivity contribution in [2.75, 3.05) is 58.9 Å². The van der Waals surface area contributed by atoms with Crippen molar-refractivity contribution in [3.63, 3.8) is 0 Å². The fourth-order valence-electron chi connectivity index (χ4n) is 4.48. The van der Waals surface area contributed by atoms with Crippen LogP contribution < -0.4 is 4.74 Å². The highest BCUT2D eigenvalue weighted by molar-refractivity contribution is 6.30. The average Bonchev–Trinajstić information content (AvgIpc) is 2.79. The van der Waals surface area contributed by atoms with Gasteiger partial charge in [0, 0.05) is 63.4 Å². The molecule has 2 saturated heterocycles. The van der Waals surface area contributed by atoms with Crippen LogP contribution in [0.1, 0.15) is 33.6 Å². The van der Waals surface area contributed by atoms with E-state index in [2.05, 4.69) is 23.6 Å². The van der Waals surface area contributed by atoms with Crippen molar-refractivity contribution in [3.8, 4) is 5.75 Å². The number of rotatable bonds is 8. The Bertz CT molecular complexity index is 761. The van der Waals surface area contributed by atoms with E-state index in [0.717, 1.165) is 26.2 Å². The van der Waals surface area contributed by atoms with Crippen LogP contribution in [-0.4, -0.2) is 102 Å². The molecule has 2 atom stereocenters. The average molecular weight is 465 g/mol. The lowest BCUT2D eigenvalue weighted by Gasteiger charge is -2.40. The number of hydrogen-bond acceptors (Lipinski definition) is 5. The monoisotopic (exact) mass is 464 g/mol. The molecule has 32 heavy (non-hydrogen) atoms. The summed E-state index contributed by atoms with van der Waals surface area (Å²) in [5.41, 5.74) is 0. The van der Waals surface area contributed by atoms with Gasteiger partial charge in [-0.2, -0.15) is 0 Å². The highest BCUT2D eigenvalue weighted by atomic mass is 35.5. The molecule has 0 saturated carbocycles. The molecule has 2 aliphatic heterocycles. The minimum Gasteiger partial charge on any atom is -0.481 e. The number of halogens is 1. The molecular formula is C24H37ClN4O3. The first-order chi connectivity index (χ1) is 15.4. The Hall–Kier alpha value is -1.83. The number of piperazine rings is 2. The van der Waals surface area contributed by atoms with Gasteiger partial charge in [0.25, 0.3) is 5.91 Å². The van der Waals surface area contributed by atoms with E-state index in [1.165, 1.54) is 12.8 Å². The Balaban J connectivity index is 1.39. The van der Waals surface area contributed by atoms with E-state index in [-0.39, 0.29) is 11.8 Å². The van der Waals surface area contributed by atoms with Crippen LogP contribution in [0.15, 0.2) is 24.3 Å². The van der Waals surface area contributed by atoms with Crippen LogP contribution in [0.5, 0.6) is 5.75 Å². The molecule has 7 nitrogen and oxygen atoms in total. The van der Waals surface area contributed by atoms with Gasteiger partial charge < -0.3 is 14.5 Å². The standard InChI is InChI=1S/C24H37ClN4O3/c1-4-6-19(2)27-13-15-28(16-14-27)23(30)18-26-9-11-29(12-10-26)24(31)20(3)32-22-8-5-7-21(25)17-22/h5,7-8,17,19-20H,4,6,9-16,18H2,1-3H3. The number of carbonyl (C=O) groups is 2. The van der Waals surface area contributed by atoms with Crippen molar-refractivity contribution >= 4 is 23.4 Å². The smallest absolute Gasteiger partial charge is 0.263 e. The summed E-state index contributed by atoms with van der Waals surface area (Å²) in [6.45, 7) is 12.9. The van der Waals surface area contributed by atoms with Crippen LogP contribution in [0.4, 0.5) is 0 Å². The van der Waals surface area contributed by atoms with Crippen molar-refractivity contribution in [3.05, 3.63) is 29.3 Å². The minimum absolute atomic E-state index is 0.0340. The summed E-state index contributed by atoms with van der Waals surface area (Å²) in [6, 6.07) is 7.67. The molecule has 0 N–H and O–H groups in total. The first-order valence-electron chi connectivity index (χ1n) is 11.8. The molecule has 0 radical (unpaired) electrons. The highest BCUT2D eigenvalue weighted by Gasteiger charge is 2.29. The molecule has 2 unspecified atom stereocenters. The number of ether oxygens (including phenoxy) is 1. The predicted molar refractivity (Wildman–Crippen MR) is 127 cm³/mol. The molecule has 0 bridgehead atoms. The van der Waals surface area contributed by atoms with Gasteiger partial charge in [0.2, 0.25) is 5.91 Å². The summed E-state index contributed by atoms with van der Waals surface area (Å²) in [7, 11) is 0. The van der Waals surface area contributed by atoms with Crippen molar-refractivity contribution in [2.24, 2.45) is 0 Å². The van der Waals surface area contributed by atoms with Gasteiger partial charge in [-0.1, -0.05) is 31.0 Å². The number of hydrogen-bond donors (Lipinski definition) is 0. The van der Waals surface area contributed by atoms with Gasteiger partial charge in [-0.05, 0) is 38.5 Å². The summed E-state index contributed by atoms with van der Waals surface area (Å²) in [5, 5.41) is 0.581. The van der Waals surface area contributed by atoms with Crippen molar-refractivity contribution in [2.45, 2.75) is 45.8 Å². The van der Waals surface area contributed by atoms with Gasteiger partial charge in [0.05, 0.1) is 6.54 Å². The molecule has 0 spiro atoms. The molecule has 0 aromatic heterocycles. The Kier molecular flexibility index (Phi) is 9.20. The van der Waals surface area contributed by atoms with Gasteiger partial charge in [-0.25, -0.2) is 0 Å². The Labute approximate surface area is 197 Å². The van der Waals surface area contributed by atoms with E-state index in [9.17, 15) is 9.59 Å². The number of nitrogens with zero attached hydrogens (tertiary/aromatic N) is 4. The third-order valence-electron chi connectivity index (χ3n) is 6.50. The molecule has 0 aliphatic carbocycles. The lowest BCUT2D eigenvalue weighted by Crippen LogP contribution is -2.56. The van der Waals surface area contributed by atoms with E-state index in [0.29, 0.717) is 49.5 Å². The van der Waals surface area contributed by atoms with E-state index in [1.54, 1.807) is 31.2 Å². The molecule has 2 amide bonds. The first-order valence-corrected chi connectivity index (χ1v) is 12.2. The molecule has 1 aromatic carbocycles. The van der Waals surface area contributed by atoms with Crippen LogP contribution in [0.25, 0.3) is 0 Å². The normalized spacial score (nSPS) is 20.1. The second-order valence-corrected chi connectivity index (χ2v) is 9.31. The second kappa shape index (κ2) is 11.9. The fourth-order valence-corrected chi connectivity index (χ4v) is 4.66. The van der Waals surface area contributed by atoms with Crippen LogP contribution in [0.2, 0.25) is 5.02 Å². The topological polar surface area (TPSA) is 56.3 Å². The number of carbonyl (C=O) groups excluding carboxylic acids is 2. The maximum Gasteiger partial charge on any atom is 0.263 e. The Morgan fingerprint density at radius 1 is 1.00 bits per heavy atom. The lowest BCUT2D eigenvalue weighted by molar-refractivity contribution is -0.140. The summed E-state index contributed by atoms with van der Waals surface area (Å²) >= 11 is 5.99. The number of amides is 2. The molecule has 8 heteroatoms. The molecule has 178 valence electrons. The zero-order valence-corrected chi connectivity index (χ0v) is 20.4. The van der Waals surface area contributed by atoms with Crippen LogP contribution in [0.3, 0.4) is 0 Å². The summed E-state index contributed by atoms with van der Waals surface area (Å²) < 4.78 is 5.77. The highest BCUT2D eigenvalue weighted by Crippen LogP contribution is 2.19. The maximum absolute atomic E-state index is 12.8. The Morgan fingerprint density at radius 2 is 1.66 bits per heavy atom. The lowest BCUT2D eigenvalue weighted by atomic mass is 10.1. The third-order valence-corrected chi connectivity index (χ3v) is 6.73. The molecule has 2 aliphatic rings. The van der Waals surface area contributed by atoms with Crippen LogP contribution >= 0.6 is 11.6 Å². The summed E-state index contributed by atoms with van der Waals surface area (Å²) in [5.74, 6) is 0.755. The summed E-state index contributed by atoms with van der Waals surface area (Å²) in [6.07, 6.45) is 1.83. The molecule has 2 heterocycles. The molecule has 3 rings (SSSR count). The third kappa shape index (κ3) is 6.83. The molecular weight excluding hydrogens is 428 g/mol. The van der Waals surface area contributed by atoms with Crippen molar-refractivity contribution < 1.29 is 14.3 Å². The number of benzene rings is 1. The second-order valence-electron chi connectivity index (χ2n) is 8.87. The largest absolute Gasteiger partial charge is 0.481 e. The van der Waals surface area contributed by atoms with Crippen LogP contribution in [0, 0.1) is 0 Å². The maximum atomic E-state index is 12.8. The van der Waals surface area contributed by atoms with Gasteiger partial charge in [0.15, 0.2) is 6.10 Å². The van der Waals surface area contributed by atoms with E-state index in [4.69, 9.17) is 16.3 Å². The van der Waals surface area contributed by atoms with Crippen molar-refractivity contribution in [1.29, 1.82) is 0 Å². The van der Waals surface area contributed by atoms with E-state index >= 15 is 0 Å². The fraction of sp³-hybridized carbons (Fsp3) is 0.667. The van der Waals surface area contributed by atoms with Crippen molar-refractivity contribution in [1.82, 2.24) is 19.6 Å². The quantitative estimate of drug-likeness (QED) is 0.592. The minimum atomic E-state index is -0.576. The van der Waals surface area contributed by atoms with Crippen LogP contribution in [-0.2, 0) is 9.59 Å². The Morgan fingerprint density at radius 3 is 2.28 bits per heavy atom.